The first kappa shape index (κ1) is 11.3. The summed E-state index contributed by atoms with van der Waals surface area (Å²) in [6.45, 7) is -0.178. The summed E-state index contributed by atoms with van der Waals surface area (Å²) in [5, 5.41) is 12.2. The monoisotopic (exact) mass is 233 g/mol. The second-order valence-electron chi connectivity index (χ2n) is 3.65. The number of cyclic esters (lactones) is 1. The highest BCUT2D eigenvalue weighted by Crippen LogP contribution is 2.15. The maximum Gasteiger partial charge on any atom is 0.333 e. The molecule has 2 N–H and O–H groups in total. The maximum atomic E-state index is 11.6. The van der Waals surface area contributed by atoms with Crippen molar-refractivity contribution in [2.75, 3.05) is 6.54 Å². The summed E-state index contributed by atoms with van der Waals surface area (Å²) < 4.78 is 4.63. The standard InChI is InChI=1S/C12H11NO4/c14-10-6-7-12(16,17-10)8-13-11(15)9-4-2-1-3-5-9/h1-7,16H,8H2,(H,13,15)/t12-/m0/s1. The molecule has 17 heavy (non-hydrogen) atoms. The van der Waals surface area contributed by atoms with Crippen LogP contribution in [0.5, 0.6) is 0 Å². The van der Waals surface area contributed by atoms with Crippen molar-refractivity contribution in [3.05, 3.63) is 48.0 Å². The highest BCUT2D eigenvalue weighted by molar-refractivity contribution is 5.94. The predicted molar refractivity (Wildman–Crippen MR) is 59.0 cm³/mol. The number of nitrogens with one attached hydrogen (secondary N) is 1. The number of rotatable bonds is 3. The molecule has 2 rings (SSSR count). The van der Waals surface area contributed by atoms with Crippen molar-refractivity contribution < 1.29 is 19.4 Å². The number of ether oxygens (including phenoxy) is 1. The van der Waals surface area contributed by atoms with Gasteiger partial charge in [0.25, 0.3) is 5.91 Å². The lowest BCUT2D eigenvalue weighted by Crippen LogP contribution is -2.42. The molecule has 0 aliphatic carbocycles. The lowest BCUT2D eigenvalue weighted by molar-refractivity contribution is -0.175. The van der Waals surface area contributed by atoms with Crippen molar-refractivity contribution in [1.82, 2.24) is 5.32 Å². The summed E-state index contributed by atoms with van der Waals surface area (Å²) in [4.78, 5) is 22.4. The fraction of sp³-hybridized carbons (Fsp3) is 0.167. The van der Waals surface area contributed by atoms with Crippen molar-refractivity contribution >= 4 is 11.9 Å². The summed E-state index contributed by atoms with van der Waals surface area (Å²) in [5.74, 6) is -2.70. The zero-order valence-corrected chi connectivity index (χ0v) is 8.92. The Labute approximate surface area is 97.7 Å². The van der Waals surface area contributed by atoms with Gasteiger partial charge in [-0.1, -0.05) is 18.2 Å². The van der Waals surface area contributed by atoms with Gasteiger partial charge in [-0.25, -0.2) is 4.79 Å². The molecule has 0 bridgehead atoms. The van der Waals surface area contributed by atoms with Gasteiger partial charge in [0.2, 0.25) is 5.79 Å². The number of esters is 1. The second kappa shape index (κ2) is 4.39. The van der Waals surface area contributed by atoms with Crippen LogP contribution in [0.15, 0.2) is 42.5 Å². The van der Waals surface area contributed by atoms with Crippen LogP contribution in [0.4, 0.5) is 0 Å². The molecule has 1 amide bonds. The normalized spacial score (nSPS) is 22.3. The van der Waals surface area contributed by atoms with Gasteiger partial charge >= 0.3 is 5.97 Å². The molecule has 0 unspecified atom stereocenters. The van der Waals surface area contributed by atoms with E-state index in [1.165, 1.54) is 6.08 Å². The number of carbonyl (C=O) groups is 2. The second-order valence-corrected chi connectivity index (χ2v) is 3.65. The topological polar surface area (TPSA) is 75.6 Å². The lowest BCUT2D eigenvalue weighted by Gasteiger charge is -2.19. The van der Waals surface area contributed by atoms with E-state index >= 15 is 0 Å². The quantitative estimate of drug-likeness (QED) is 0.732. The smallest absolute Gasteiger partial charge is 0.333 e. The average molecular weight is 233 g/mol. The summed E-state index contributed by atoms with van der Waals surface area (Å²) in [7, 11) is 0. The number of benzene rings is 1. The van der Waals surface area contributed by atoms with Crippen LogP contribution in [-0.4, -0.2) is 29.3 Å². The lowest BCUT2D eigenvalue weighted by atomic mass is 10.2. The van der Waals surface area contributed by atoms with Crippen molar-refractivity contribution in [3.8, 4) is 0 Å². The van der Waals surface area contributed by atoms with Gasteiger partial charge in [0.05, 0.1) is 6.54 Å². The first-order chi connectivity index (χ1) is 8.09. The van der Waals surface area contributed by atoms with Gasteiger partial charge in [0.15, 0.2) is 0 Å². The molecule has 1 heterocycles. The highest BCUT2D eigenvalue weighted by Gasteiger charge is 2.33. The van der Waals surface area contributed by atoms with E-state index in [0.717, 1.165) is 6.08 Å². The van der Waals surface area contributed by atoms with Gasteiger partial charge < -0.3 is 15.2 Å². The van der Waals surface area contributed by atoms with Crippen LogP contribution in [-0.2, 0) is 9.53 Å². The first-order valence-corrected chi connectivity index (χ1v) is 5.07. The third-order valence-corrected chi connectivity index (χ3v) is 2.30. The Bertz CT molecular complexity index is 469. The van der Waals surface area contributed by atoms with Gasteiger partial charge in [0.1, 0.15) is 0 Å². The van der Waals surface area contributed by atoms with E-state index in [2.05, 4.69) is 10.1 Å². The maximum absolute atomic E-state index is 11.6. The molecule has 0 spiro atoms. The Morgan fingerprint density at radius 1 is 1.35 bits per heavy atom. The Balaban J connectivity index is 1.93. The van der Waals surface area contributed by atoms with Crippen LogP contribution in [0.2, 0.25) is 0 Å². The van der Waals surface area contributed by atoms with E-state index in [-0.39, 0.29) is 12.5 Å². The van der Waals surface area contributed by atoms with Crippen LogP contribution in [0.1, 0.15) is 10.4 Å². The molecule has 1 aromatic carbocycles. The number of aliphatic hydroxyl groups is 1. The minimum Gasteiger partial charge on any atom is -0.424 e. The fourth-order valence-corrected chi connectivity index (χ4v) is 1.43. The summed E-state index contributed by atoms with van der Waals surface area (Å²) in [6, 6.07) is 8.57. The van der Waals surface area contributed by atoms with Crippen LogP contribution < -0.4 is 5.32 Å². The van der Waals surface area contributed by atoms with Crippen molar-refractivity contribution in [1.29, 1.82) is 0 Å². The Kier molecular flexibility index (Phi) is 2.93. The van der Waals surface area contributed by atoms with Crippen LogP contribution >= 0.6 is 0 Å². The molecule has 1 aliphatic heterocycles. The van der Waals surface area contributed by atoms with Gasteiger partial charge in [0, 0.05) is 11.6 Å². The minimum atomic E-state index is -1.73. The fourth-order valence-electron chi connectivity index (χ4n) is 1.43. The third kappa shape index (κ3) is 2.70. The van der Waals surface area contributed by atoms with E-state index in [1.807, 2.05) is 0 Å². The molecule has 5 heteroatoms. The Hall–Kier alpha value is -2.14. The van der Waals surface area contributed by atoms with Crippen LogP contribution in [0, 0.1) is 0 Å². The summed E-state index contributed by atoms with van der Waals surface area (Å²) in [5.41, 5.74) is 0.476. The Morgan fingerprint density at radius 2 is 2.06 bits per heavy atom. The molecule has 0 saturated carbocycles. The number of carbonyl (C=O) groups excluding carboxylic acids is 2. The van der Waals surface area contributed by atoms with Gasteiger partial charge in [-0.3, -0.25) is 4.79 Å². The molecular formula is C12H11NO4. The van der Waals surface area contributed by atoms with Gasteiger partial charge in [-0.15, -0.1) is 0 Å². The number of amides is 1. The summed E-state index contributed by atoms with van der Waals surface area (Å²) in [6.07, 6.45) is 2.33. The van der Waals surface area contributed by atoms with E-state index in [9.17, 15) is 14.7 Å². The average Bonchev–Trinajstić information content (AvgIpc) is 2.68. The molecule has 0 aromatic heterocycles. The van der Waals surface area contributed by atoms with Crippen molar-refractivity contribution in [2.24, 2.45) is 0 Å². The summed E-state index contributed by atoms with van der Waals surface area (Å²) >= 11 is 0. The molecule has 88 valence electrons. The molecule has 1 aromatic rings. The highest BCUT2D eigenvalue weighted by atomic mass is 16.7. The Morgan fingerprint density at radius 3 is 2.65 bits per heavy atom. The molecule has 1 atom stereocenters. The van der Waals surface area contributed by atoms with Gasteiger partial charge in [-0.2, -0.15) is 0 Å². The molecular weight excluding hydrogens is 222 g/mol. The minimum absolute atomic E-state index is 0.178. The molecule has 0 saturated heterocycles. The van der Waals surface area contributed by atoms with E-state index in [1.54, 1.807) is 30.3 Å². The van der Waals surface area contributed by atoms with Crippen LogP contribution in [0.3, 0.4) is 0 Å². The van der Waals surface area contributed by atoms with E-state index < -0.39 is 11.8 Å². The van der Waals surface area contributed by atoms with Crippen LogP contribution in [0.25, 0.3) is 0 Å². The largest absolute Gasteiger partial charge is 0.424 e. The van der Waals surface area contributed by atoms with E-state index in [4.69, 9.17) is 0 Å². The number of hydrogen-bond acceptors (Lipinski definition) is 4. The van der Waals surface area contributed by atoms with E-state index in [0.29, 0.717) is 5.56 Å². The van der Waals surface area contributed by atoms with Gasteiger partial charge in [-0.05, 0) is 18.2 Å². The zero-order chi connectivity index (χ0) is 12.3. The third-order valence-electron chi connectivity index (χ3n) is 2.30. The first-order valence-electron chi connectivity index (χ1n) is 5.07. The molecule has 5 nitrogen and oxygen atoms in total. The SMILES string of the molecule is O=C1C=C[C@@](O)(CNC(=O)c2ccccc2)O1. The van der Waals surface area contributed by atoms with Crippen molar-refractivity contribution in [2.45, 2.75) is 5.79 Å². The molecule has 0 fully saturated rings. The van der Waals surface area contributed by atoms with Crippen molar-refractivity contribution in [3.63, 3.8) is 0 Å². The molecule has 1 aliphatic rings. The predicted octanol–water partition coefficient (Wildman–Crippen LogP) is 0.218. The molecule has 0 radical (unpaired) electrons. The number of hydrogen-bond donors (Lipinski definition) is 2. The zero-order valence-electron chi connectivity index (χ0n) is 8.92.